The summed E-state index contributed by atoms with van der Waals surface area (Å²) in [5, 5.41) is 0. The maximum Gasteiger partial charge on any atom is 0.346 e. The second kappa shape index (κ2) is 8.01. The van der Waals surface area contributed by atoms with Crippen LogP contribution in [0.4, 0.5) is 5.69 Å². The summed E-state index contributed by atoms with van der Waals surface area (Å²) in [6.45, 7) is 3.17. The quantitative estimate of drug-likeness (QED) is 0.777. The molecule has 7 nitrogen and oxygen atoms in total. The first-order valence-electron chi connectivity index (χ1n) is 7.72. The number of ether oxygens (including phenoxy) is 2. The van der Waals surface area contributed by atoms with Crippen LogP contribution in [0, 0.1) is 6.92 Å². The van der Waals surface area contributed by atoms with E-state index in [-0.39, 0.29) is 10.5 Å². The molecule has 8 heteroatoms. The molecule has 0 unspecified atom stereocenters. The highest BCUT2D eigenvalue weighted by Gasteiger charge is 2.20. The van der Waals surface area contributed by atoms with Gasteiger partial charge < -0.3 is 9.47 Å². The van der Waals surface area contributed by atoms with Gasteiger partial charge in [-0.3, -0.25) is 4.72 Å². The number of carbonyl (C=O) groups is 2. The average molecular weight is 377 g/mol. The summed E-state index contributed by atoms with van der Waals surface area (Å²) in [5.41, 5.74) is 1.38. The molecule has 0 aliphatic rings. The molecule has 2 rings (SSSR count). The van der Waals surface area contributed by atoms with Crippen LogP contribution in [0.15, 0.2) is 53.4 Å². The van der Waals surface area contributed by atoms with E-state index in [0.717, 1.165) is 5.56 Å². The molecule has 1 atom stereocenters. The smallest absolute Gasteiger partial charge is 0.346 e. The van der Waals surface area contributed by atoms with Crippen molar-refractivity contribution in [3.63, 3.8) is 0 Å². The molecule has 0 aliphatic carbocycles. The number of rotatable bonds is 6. The third-order valence-electron chi connectivity index (χ3n) is 3.61. The van der Waals surface area contributed by atoms with Crippen LogP contribution in [-0.4, -0.2) is 33.6 Å². The van der Waals surface area contributed by atoms with Crippen LogP contribution in [0.2, 0.25) is 0 Å². The summed E-state index contributed by atoms with van der Waals surface area (Å²) in [7, 11) is -2.61. The molecule has 2 aromatic carbocycles. The second-order valence-corrected chi connectivity index (χ2v) is 7.20. The van der Waals surface area contributed by atoms with E-state index in [1.807, 2.05) is 6.07 Å². The molecule has 0 aromatic heterocycles. The second-order valence-electron chi connectivity index (χ2n) is 5.52. The minimum atomic E-state index is -3.79. The number of aryl methyl sites for hydroxylation is 1. The Bertz CT molecular complexity index is 906. The molecule has 0 aliphatic heterocycles. The van der Waals surface area contributed by atoms with Crippen molar-refractivity contribution in [2.24, 2.45) is 0 Å². The number of nitrogens with one attached hydrogen (secondary N) is 1. The van der Waals surface area contributed by atoms with Gasteiger partial charge in [-0.05, 0) is 49.7 Å². The Labute approximate surface area is 152 Å². The first-order chi connectivity index (χ1) is 12.2. The van der Waals surface area contributed by atoms with Crippen LogP contribution in [0.1, 0.15) is 22.8 Å². The number of hydrogen-bond donors (Lipinski definition) is 1. The molecule has 0 amide bonds. The molecule has 2 aromatic rings. The molecule has 0 radical (unpaired) electrons. The number of sulfonamides is 1. The fourth-order valence-corrected chi connectivity index (χ4v) is 3.23. The lowest BCUT2D eigenvalue weighted by molar-refractivity contribution is -0.149. The number of esters is 2. The summed E-state index contributed by atoms with van der Waals surface area (Å²) >= 11 is 0. The SMILES string of the molecule is COC(=O)[C@@H](C)OC(=O)c1ccc(S(=O)(=O)Nc2ccccc2C)cc1. The number of benzene rings is 2. The third-order valence-corrected chi connectivity index (χ3v) is 4.99. The highest BCUT2D eigenvalue weighted by Crippen LogP contribution is 2.20. The fourth-order valence-electron chi connectivity index (χ4n) is 2.10. The van der Waals surface area contributed by atoms with Gasteiger partial charge in [-0.1, -0.05) is 18.2 Å². The van der Waals surface area contributed by atoms with Crippen molar-refractivity contribution in [3.05, 3.63) is 59.7 Å². The third kappa shape index (κ3) is 4.60. The van der Waals surface area contributed by atoms with Gasteiger partial charge in [0.05, 0.1) is 23.3 Å². The van der Waals surface area contributed by atoms with Crippen LogP contribution in [0.25, 0.3) is 0 Å². The summed E-state index contributed by atoms with van der Waals surface area (Å²) in [6, 6.07) is 12.2. The average Bonchev–Trinajstić information content (AvgIpc) is 2.62. The Kier molecular flexibility index (Phi) is 5.99. The minimum Gasteiger partial charge on any atom is -0.466 e. The van der Waals surface area contributed by atoms with E-state index >= 15 is 0 Å². The molecule has 1 N–H and O–H groups in total. The summed E-state index contributed by atoms with van der Waals surface area (Å²) in [6.07, 6.45) is -1.06. The maximum absolute atomic E-state index is 12.5. The predicted octanol–water partition coefficient (Wildman–Crippen LogP) is 2.51. The molecule has 0 fully saturated rings. The number of para-hydroxylation sites is 1. The van der Waals surface area contributed by atoms with Crippen molar-refractivity contribution >= 4 is 27.6 Å². The van der Waals surface area contributed by atoms with Crippen LogP contribution in [-0.2, 0) is 24.3 Å². The van der Waals surface area contributed by atoms with Gasteiger partial charge in [-0.25, -0.2) is 18.0 Å². The van der Waals surface area contributed by atoms with Gasteiger partial charge in [0, 0.05) is 0 Å². The number of methoxy groups -OCH3 is 1. The van der Waals surface area contributed by atoms with Gasteiger partial charge in [0.2, 0.25) is 0 Å². The molecule has 0 bridgehead atoms. The van der Waals surface area contributed by atoms with Crippen molar-refractivity contribution in [2.45, 2.75) is 24.8 Å². The predicted molar refractivity (Wildman–Crippen MR) is 95.3 cm³/mol. The molecular formula is C18H19NO6S. The standard InChI is InChI=1S/C18H19NO6S/c1-12-6-4-5-7-16(12)19-26(22,23)15-10-8-14(9-11-15)18(21)25-13(2)17(20)24-3/h4-11,13,19H,1-3H3/t13-/m1/s1. The largest absolute Gasteiger partial charge is 0.466 e. The van der Waals surface area contributed by atoms with Crippen molar-refractivity contribution in [3.8, 4) is 0 Å². The van der Waals surface area contributed by atoms with E-state index in [0.29, 0.717) is 5.69 Å². The van der Waals surface area contributed by atoms with Gasteiger partial charge in [0.25, 0.3) is 10.0 Å². The van der Waals surface area contributed by atoms with E-state index in [9.17, 15) is 18.0 Å². The van der Waals surface area contributed by atoms with E-state index in [4.69, 9.17) is 4.74 Å². The molecule has 0 saturated heterocycles. The number of carbonyl (C=O) groups excluding carboxylic acids is 2. The zero-order chi connectivity index (χ0) is 19.3. The van der Waals surface area contributed by atoms with Gasteiger partial charge in [-0.15, -0.1) is 0 Å². The lowest BCUT2D eigenvalue weighted by atomic mass is 10.2. The number of anilines is 1. The zero-order valence-corrected chi connectivity index (χ0v) is 15.4. The molecule has 0 spiro atoms. The van der Waals surface area contributed by atoms with Gasteiger partial charge in [0.15, 0.2) is 6.10 Å². The molecule has 26 heavy (non-hydrogen) atoms. The van der Waals surface area contributed by atoms with Crippen LogP contribution < -0.4 is 4.72 Å². The monoisotopic (exact) mass is 377 g/mol. The minimum absolute atomic E-state index is 0.00156. The molecular weight excluding hydrogens is 358 g/mol. The van der Waals surface area contributed by atoms with Crippen molar-refractivity contribution in [1.82, 2.24) is 0 Å². The Morgan fingerprint density at radius 3 is 2.23 bits per heavy atom. The van der Waals surface area contributed by atoms with Crippen molar-refractivity contribution in [2.75, 3.05) is 11.8 Å². The van der Waals surface area contributed by atoms with Crippen LogP contribution >= 0.6 is 0 Å². The van der Waals surface area contributed by atoms with Crippen LogP contribution in [0.5, 0.6) is 0 Å². The Morgan fingerprint density at radius 1 is 1.04 bits per heavy atom. The van der Waals surface area contributed by atoms with E-state index in [2.05, 4.69) is 9.46 Å². The number of hydrogen-bond acceptors (Lipinski definition) is 6. The van der Waals surface area contributed by atoms with Crippen LogP contribution in [0.3, 0.4) is 0 Å². The summed E-state index contributed by atoms with van der Waals surface area (Å²) in [4.78, 5) is 23.3. The fraction of sp³-hybridized carbons (Fsp3) is 0.222. The Hall–Kier alpha value is -2.87. The van der Waals surface area contributed by atoms with Crippen molar-refractivity contribution < 1.29 is 27.5 Å². The molecule has 138 valence electrons. The lowest BCUT2D eigenvalue weighted by Gasteiger charge is -2.12. The first-order valence-corrected chi connectivity index (χ1v) is 9.20. The zero-order valence-electron chi connectivity index (χ0n) is 14.6. The maximum atomic E-state index is 12.5. The van der Waals surface area contributed by atoms with Gasteiger partial charge in [-0.2, -0.15) is 0 Å². The highest BCUT2D eigenvalue weighted by molar-refractivity contribution is 7.92. The Morgan fingerprint density at radius 2 is 1.65 bits per heavy atom. The van der Waals surface area contributed by atoms with Gasteiger partial charge >= 0.3 is 11.9 Å². The molecule has 0 heterocycles. The van der Waals surface area contributed by atoms with E-state index in [1.54, 1.807) is 25.1 Å². The van der Waals surface area contributed by atoms with E-state index < -0.39 is 28.1 Å². The summed E-state index contributed by atoms with van der Waals surface area (Å²) < 4.78 is 36.8. The highest BCUT2D eigenvalue weighted by atomic mass is 32.2. The Balaban J connectivity index is 2.14. The topological polar surface area (TPSA) is 98.8 Å². The van der Waals surface area contributed by atoms with E-state index in [1.165, 1.54) is 38.3 Å². The summed E-state index contributed by atoms with van der Waals surface area (Å²) in [5.74, 6) is -1.43. The molecule has 0 saturated carbocycles. The first kappa shape index (κ1) is 19.5. The van der Waals surface area contributed by atoms with Crippen molar-refractivity contribution in [1.29, 1.82) is 0 Å². The lowest BCUT2D eigenvalue weighted by Crippen LogP contribution is -2.25. The van der Waals surface area contributed by atoms with Gasteiger partial charge in [0.1, 0.15) is 0 Å². The normalized spacial score (nSPS) is 12.1.